The van der Waals surface area contributed by atoms with Crippen molar-refractivity contribution in [1.82, 2.24) is 4.90 Å². The molecule has 0 atom stereocenters. The van der Waals surface area contributed by atoms with Crippen LogP contribution in [-0.2, 0) is 22.7 Å². The van der Waals surface area contributed by atoms with Crippen molar-refractivity contribution >= 4 is 11.9 Å². The van der Waals surface area contributed by atoms with Gasteiger partial charge in [-0.3, -0.25) is 4.79 Å². The molecule has 0 fully saturated rings. The van der Waals surface area contributed by atoms with Crippen LogP contribution in [-0.4, -0.2) is 21.9 Å². The molecule has 0 aliphatic rings. The molecule has 3 rings (SSSR count). The zero-order chi connectivity index (χ0) is 19.1. The molecule has 136 valence electrons. The molecule has 3 aromatic rings. The smallest absolute Gasteiger partial charge is 0.328 e. The summed E-state index contributed by atoms with van der Waals surface area (Å²) in [4.78, 5) is 24.7. The highest BCUT2D eigenvalue weighted by Crippen LogP contribution is 2.23. The number of nitrogens with zero attached hydrogens (tertiary/aromatic N) is 1. The van der Waals surface area contributed by atoms with Crippen LogP contribution in [0.4, 0.5) is 0 Å². The quantitative estimate of drug-likeness (QED) is 0.643. The van der Waals surface area contributed by atoms with Crippen LogP contribution in [0.1, 0.15) is 11.3 Å². The van der Waals surface area contributed by atoms with Crippen molar-refractivity contribution in [2.75, 3.05) is 0 Å². The lowest BCUT2D eigenvalue weighted by atomic mass is 10.2. The molecule has 0 radical (unpaired) electrons. The number of hydrogen-bond donors (Lipinski definition) is 1. The molecule has 0 aliphatic heterocycles. The van der Waals surface area contributed by atoms with E-state index in [2.05, 4.69) is 0 Å². The fraction of sp³-hybridized carbons (Fsp3) is 0.0909. The number of carbonyl (C=O) groups excluding carboxylic acids is 1. The SMILES string of the molecule is O=C(O)/C=C\C(=O)N(Cc1ccccc1)Cc1ccc(-c2ccccc2)o1. The summed E-state index contributed by atoms with van der Waals surface area (Å²) in [5.41, 5.74) is 1.90. The van der Waals surface area contributed by atoms with Gasteiger partial charge in [0.05, 0.1) is 6.54 Å². The molecule has 1 heterocycles. The molecule has 1 N–H and O–H groups in total. The number of rotatable bonds is 7. The van der Waals surface area contributed by atoms with Gasteiger partial charge in [-0.1, -0.05) is 60.7 Å². The van der Waals surface area contributed by atoms with Crippen LogP contribution in [0, 0.1) is 0 Å². The van der Waals surface area contributed by atoms with Crippen molar-refractivity contribution < 1.29 is 19.1 Å². The Kier molecular flexibility index (Phi) is 5.84. The lowest BCUT2D eigenvalue weighted by Crippen LogP contribution is -2.28. The van der Waals surface area contributed by atoms with Gasteiger partial charge in [-0.2, -0.15) is 0 Å². The van der Waals surface area contributed by atoms with Crippen LogP contribution >= 0.6 is 0 Å². The normalized spacial score (nSPS) is 10.8. The number of furan rings is 1. The molecular weight excluding hydrogens is 342 g/mol. The van der Waals surface area contributed by atoms with Gasteiger partial charge in [0, 0.05) is 24.3 Å². The van der Waals surface area contributed by atoms with Crippen molar-refractivity contribution in [3.63, 3.8) is 0 Å². The van der Waals surface area contributed by atoms with Gasteiger partial charge in [0.2, 0.25) is 5.91 Å². The van der Waals surface area contributed by atoms with Crippen molar-refractivity contribution in [3.05, 3.63) is 96.3 Å². The Balaban J connectivity index is 1.79. The average Bonchev–Trinajstić information content (AvgIpc) is 3.16. The summed E-state index contributed by atoms with van der Waals surface area (Å²) in [5.74, 6) is -0.202. The summed E-state index contributed by atoms with van der Waals surface area (Å²) in [6.07, 6.45) is 1.91. The second-order valence-electron chi connectivity index (χ2n) is 5.98. The maximum absolute atomic E-state index is 12.5. The third-order valence-corrected chi connectivity index (χ3v) is 3.96. The lowest BCUT2D eigenvalue weighted by molar-refractivity contribution is -0.132. The Morgan fingerprint density at radius 2 is 1.52 bits per heavy atom. The van der Waals surface area contributed by atoms with Gasteiger partial charge in [-0.25, -0.2) is 4.79 Å². The number of carbonyl (C=O) groups is 2. The summed E-state index contributed by atoms with van der Waals surface area (Å²) in [6, 6.07) is 22.9. The maximum atomic E-state index is 12.5. The van der Waals surface area contributed by atoms with E-state index < -0.39 is 5.97 Å². The molecule has 0 saturated heterocycles. The Labute approximate surface area is 157 Å². The second-order valence-corrected chi connectivity index (χ2v) is 5.98. The second kappa shape index (κ2) is 8.67. The largest absolute Gasteiger partial charge is 0.478 e. The first kappa shape index (κ1) is 18.2. The molecule has 2 aromatic carbocycles. The van der Waals surface area contributed by atoms with E-state index in [-0.39, 0.29) is 12.5 Å². The van der Waals surface area contributed by atoms with Gasteiger partial charge >= 0.3 is 5.97 Å². The number of hydrogen-bond acceptors (Lipinski definition) is 3. The molecule has 0 spiro atoms. The van der Waals surface area contributed by atoms with Crippen molar-refractivity contribution in [3.8, 4) is 11.3 Å². The molecule has 5 nitrogen and oxygen atoms in total. The van der Waals surface area contributed by atoms with E-state index in [1.54, 1.807) is 4.90 Å². The molecule has 0 aliphatic carbocycles. The third kappa shape index (κ3) is 5.19. The van der Waals surface area contributed by atoms with Crippen LogP contribution in [0.2, 0.25) is 0 Å². The van der Waals surface area contributed by atoms with Gasteiger partial charge in [-0.05, 0) is 17.7 Å². The number of aliphatic carboxylic acids is 1. The van der Waals surface area contributed by atoms with E-state index in [0.29, 0.717) is 12.3 Å². The van der Waals surface area contributed by atoms with E-state index in [4.69, 9.17) is 9.52 Å². The predicted octanol–water partition coefficient (Wildman–Crippen LogP) is 4.12. The summed E-state index contributed by atoms with van der Waals surface area (Å²) in [6.45, 7) is 0.593. The Bertz CT molecular complexity index is 929. The van der Waals surface area contributed by atoms with Gasteiger partial charge in [0.15, 0.2) is 0 Å². The fourth-order valence-electron chi connectivity index (χ4n) is 2.67. The highest BCUT2D eigenvalue weighted by molar-refractivity contribution is 5.93. The van der Waals surface area contributed by atoms with E-state index >= 15 is 0 Å². The van der Waals surface area contributed by atoms with E-state index in [9.17, 15) is 9.59 Å². The average molecular weight is 361 g/mol. The number of carboxylic acid groups (broad SMARTS) is 1. The highest BCUT2D eigenvalue weighted by Gasteiger charge is 2.15. The lowest BCUT2D eigenvalue weighted by Gasteiger charge is -2.20. The summed E-state index contributed by atoms with van der Waals surface area (Å²) < 4.78 is 5.88. The number of benzene rings is 2. The Morgan fingerprint density at radius 1 is 0.852 bits per heavy atom. The standard InChI is InChI=1S/C22H19NO4/c24-21(13-14-22(25)26)23(15-17-7-3-1-4-8-17)16-19-11-12-20(27-19)18-9-5-2-6-10-18/h1-14H,15-16H2,(H,25,26)/b14-13-. The van der Waals surface area contributed by atoms with E-state index in [0.717, 1.165) is 29.0 Å². The van der Waals surface area contributed by atoms with Crippen LogP contribution in [0.15, 0.2) is 89.4 Å². The molecule has 1 amide bonds. The Hall–Kier alpha value is -3.60. The summed E-state index contributed by atoms with van der Waals surface area (Å²) in [7, 11) is 0. The van der Waals surface area contributed by atoms with Gasteiger partial charge in [0.1, 0.15) is 11.5 Å². The van der Waals surface area contributed by atoms with Crippen LogP contribution in [0.5, 0.6) is 0 Å². The molecule has 5 heteroatoms. The predicted molar refractivity (Wildman–Crippen MR) is 102 cm³/mol. The van der Waals surface area contributed by atoms with Gasteiger partial charge in [0.25, 0.3) is 0 Å². The first-order chi connectivity index (χ1) is 13.1. The summed E-state index contributed by atoms with van der Waals surface area (Å²) in [5, 5.41) is 8.78. The van der Waals surface area contributed by atoms with Crippen LogP contribution in [0.3, 0.4) is 0 Å². The van der Waals surface area contributed by atoms with Gasteiger partial charge in [-0.15, -0.1) is 0 Å². The van der Waals surface area contributed by atoms with Crippen molar-refractivity contribution in [2.24, 2.45) is 0 Å². The number of amides is 1. The molecule has 1 aromatic heterocycles. The molecule has 0 bridgehead atoms. The Morgan fingerprint density at radius 3 is 2.19 bits per heavy atom. The monoisotopic (exact) mass is 361 g/mol. The van der Waals surface area contributed by atoms with Crippen LogP contribution < -0.4 is 0 Å². The van der Waals surface area contributed by atoms with Crippen LogP contribution in [0.25, 0.3) is 11.3 Å². The minimum atomic E-state index is -1.16. The zero-order valence-electron chi connectivity index (χ0n) is 14.6. The zero-order valence-corrected chi connectivity index (χ0v) is 14.6. The topological polar surface area (TPSA) is 70.8 Å². The summed E-state index contributed by atoms with van der Waals surface area (Å²) >= 11 is 0. The van der Waals surface area contributed by atoms with E-state index in [1.165, 1.54) is 0 Å². The number of carboxylic acids is 1. The third-order valence-electron chi connectivity index (χ3n) is 3.96. The minimum absolute atomic E-state index is 0.241. The van der Waals surface area contributed by atoms with Gasteiger partial charge < -0.3 is 14.4 Å². The minimum Gasteiger partial charge on any atom is -0.478 e. The highest BCUT2D eigenvalue weighted by atomic mass is 16.4. The van der Waals surface area contributed by atoms with E-state index in [1.807, 2.05) is 72.8 Å². The molecule has 0 unspecified atom stereocenters. The maximum Gasteiger partial charge on any atom is 0.328 e. The fourth-order valence-corrected chi connectivity index (χ4v) is 2.67. The van der Waals surface area contributed by atoms with Crippen molar-refractivity contribution in [1.29, 1.82) is 0 Å². The first-order valence-corrected chi connectivity index (χ1v) is 8.50. The van der Waals surface area contributed by atoms with Crippen molar-refractivity contribution in [2.45, 2.75) is 13.1 Å². The molecular formula is C22H19NO4. The first-order valence-electron chi connectivity index (χ1n) is 8.50. The molecule has 27 heavy (non-hydrogen) atoms. The molecule has 0 saturated carbocycles.